The first-order valence-corrected chi connectivity index (χ1v) is 10.7. The first-order valence-electron chi connectivity index (χ1n) is 9.61. The number of carbonyl (C=O) groups excluding carboxylic acids is 1. The normalized spacial score (nSPS) is 23.6. The van der Waals surface area contributed by atoms with E-state index < -0.39 is 0 Å². The molecule has 5 nitrogen and oxygen atoms in total. The number of rotatable bonds is 2. The average Bonchev–Trinajstić information content (AvgIpc) is 3.07. The van der Waals surface area contributed by atoms with Gasteiger partial charge in [-0.2, -0.15) is 0 Å². The predicted octanol–water partition coefficient (Wildman–Crippen LogP) is 3.55. The zero-order valence-electron chi connectivity index (χ0n) is 16.1. The second-order valence-corrected chi connectivity index (χ2v) is 9.06. The molecule has 0 aliphatic carbocycles. The molecule has 6 heteroatoms. The van der Waals surface area contributed by atoms with Gasteiger partial charge in [-0.3, -0.25) is 4.79 Å². The summed E-state index contributed by atoms with van der Waals surface area (Å²) in [6.07, 6.45) is 15.6. The van der Waals surface area contributed by atoms with Gasteiger partial charge in [0.2, 0.25) is 0 Å². The minimum atomic E-state index is 0.0833. The van der Waals surface area contributed by atoms with Gasteiger partial charge in [0, 0.05) is 37.8 Å². The van der Waals surface area contributed by atoms with Gasteiger partial charge in [0.15, 0.2) is 0 Å². The summed E-state index contributed by atoms with van der Waals surface area (Å²) in [6.45, 7) is 4.02. The van der Waals surface area contributed by atoms with Crippen LogP contribution in [0.5, 0.6) is 0 Å². The Morgan fingerprint density at radius 3 is 2.96 bits per heavy atom. The molecule has 3 aliphatic heterocycles. The highest BCUT2D eigenvalue weighted by Gasteiger charge is 2.29. The molecule has 0 fully saturated rings. The highest BCUT2D eigenvalue weighted by Crippen LogP contribution is 2.44. The van der Waals surface area contributed by atoms with E-state index in [2.05, 4.69) is 47.4 Å². The number of imidazole rings is 1. The number of carbonyl (C=O) groups is 1. The monoisotopic (exact) mass is 390 g/mol. The second kappa shape index (κ2) is 6.84. The predicted molar refractivity (Wildman–Crippen MR) is 114 cm³/mol. The van der Waals surface area contributed by atoms with Gasteiger partial charge >= 0.3 is 0 Å². The summed E-state index contributed by atoms with van der Waals surface area (Å²) in [5.74, 6) is 0.219. The van der Waals surface area contributed by atoms with E-state index in [0.717, 1.165) is 42.0 Å². The largest absolute Gasteiger partial charge is 0.306 e. The van der Waals surface area contributed by atoms with Gasteiger partial charge in [0.1, 0.15) is 5.65 Å². The summed E-state index contributed by atoms with van der Waals surface area (Å²) in [5.41, 5.74) is 5.43. The van der Waals surface area contributed by atoms with E-state index in [1.165, 1.54) is 10.9 Å². The number of pyridine rings is 1. The molecule has 2 unspecified atom stereocenters. The number of nitrogens with zero attached hydrogens (tertiary/aromatic N) is 4. The van der Waals surface area contributed by atoms with E-state index in [-0.39, 0.29) is 11.7 Å². The molecule has 2 aromatic heterocycles. The number of hydrogen-bond donors (Lipinski definition) is 0. The highest BCUT2D eigenvalue weighted by molar-refractivity contribution is 7.44. The average molecular weight is 390 g/mol. The van der Waals surface area contributed by atoms with Crippen molar-refractivity contribution >= 4 is 25.7 Å². The minimum Gasteiger partial charge on any atom is -0.306 e. The summed E-state index contributed by atoms with van der Waals surface area (Å²) < 4.78 is 2.04. The van der Waals surface area contributed by atoms with Crippen LogP contribution in [-0.2, 0) is 4.79 Å². The van der Waals surface area contributed by atoms with E-state index in [0.29, 0.717) is 8.58 Å². The van der Waals surface area contributed by atoms with Crippen molar-refractivity contribution in [1.29, 1.82) is 0 Å². The van der Waals surface area contributed by atoms with Crippen molar-refractivity contribution in [3.63, 3.8) is 0 Å². The lowest BCUT2D eigenvalue weighted by molar-refractivity contribution is -0.123. The number of amides is 1. The van der Waals surface area contributed by atoms with Gasteiger partial charge in [-0.1, -0.05) is 26.8 Å². The van der Waals surface area contributed by atoms with Crippen LogP contribution in [0.25, 0.3) is 11.2 Å². The molecule has 0 spiro atoms. The fraction of sp³-hybridized carbons (Fsp3) is 0.273. The van der Waals surface area contributed by atoms with Crippen LogP contribution in [-0.4, -0.2) is 51.0 Å². The highest BCUT2D eigenvalue weighted by atomic mass is 31.1. The molecule has 1 amide bonds. The van der Waals surface area contributed by atoms with E-state index in [4.69, 9.17) is 0 Å². The number of likely N-dealkylation sites (N-methyl/N-ethyl adjacent to an activating group) is 1. The smallest absolute Gasteiger partial charge is 0.252 e. The molecule has 0 radical (unpaired) electrons. The van der Waals surface area contributed by atoms with Crippen molar-refractivity contribution in [3.8, 4) is 0 Å². The molecular weight excluding hydrogens is 367 g/mol. The summed E-state index contributed by atoms with van der Waals surface area (Å²) in [4.78, 5) is 21.5. The SMILES string of the molecule is Cc1cn2cc(C3=CN4C(=O)C=C(C5=CCN(C)CC5)PC4C=C3)ccc2n1. The molecule has 5 rings (SSSR count). The first-order chi connectivity index (χ1) is 13.6. The van der Waals surface area contributed by atoms with Crippen molar-refractivity contribution in [2.45, 2.75) is 19.1 Å². The zero-order chi connectivity index (χ0) is 19.3. The minimum absolute atomic E-state index is 0.0833. The molecule has 5 heterocycles. The van der Waals surface area contributed by atoms with Crippen LogP contribution in [0.1, 0.15) is 17.7 Å². The second-order valence-electron chi connectivity index (χ2n) is 7.64. The van der Waals surface area contributed by atoms with Crippen molar-refractivity contribution in [3.05, 3.63) is 77.2 Å². The van der Waals surface area contributed by atoms with Gasteiger partial charge in [-0.15, -0.1) is 0 Å². The van der Waals surface area contributed by atoms with Gasteiger partial charge in [0.05, 0.1) is 11.5 Å². The molecule has 0 N–H and O–H groups in total. The summed E-state index contributed by atoms with van der Waals surface area (Å²) >= 11 is 0. The van der Waals surface area contributed by atoms with E-state index in [1.54, 1.807) is 0 Å². The van der Waals surface area contributed by atoms with Gasteiger partial charge in [-0.05, 0) is 54.5 Å². The Morgan fingerprint density at radius 1 is 1.25 bits per heavy atom. The van der Waals surface area contributed by atoms with E-state index in [9.17, 15) is 4.79 Å². The fourth-order valence-electron chi connectivity index (χ4n) is 3.94. The van der Waals surface area contributed by atoms with E-state index in [1.807, 2.05) is 40.8 Å². The molecule has 2 aromatic rings. The standard InChI is InChI=1S/C22H23N4OP/c1-15-12-25-13-17(3-5-20(25)23-15)18-4-6-22-26(14-18)21(27)11-19(28-22)16-7-9-24(2)10-8-16/h3-7,11-14,22,28H,8-10H2,1-2H3. The quantitative estimate of drug-likeness (QED) is 0.737. The van der Waals surface area contributed by atoms with Crippen LogP contribution in [0.4, 0.5) is 0 Å². The van der Waals surface area contributed by atoms with Gasteiger partial charge in [-0.25, -0.2) is 4.98 Å². The van der Waals surface area contributed by atoms with Crippen molar-refractivity contribution in [2.24, 2.45) is 0 Å². The molecule has 3 aliphatic rings. The van der Waals surface area contributed by atoms with E-state index >= 15 is 0 Å². The van der Waals surface area contributed by atoms with Crippen LogP contribution >= 0.6 is 8.58 Å². The number of aromatic nitrogens is 2. The lowest BCUT2D eigenvalue weighted by Gasteiger charge is -2.35. The lowest BCUT2D eigenvalue weighted by atomic mass is 10.1. The number of hydrogen-bond acceptors (Lipinski definition) is 3. The third-order valence-corrected chi connectivity index (χ3v) is 7.07. The van der Waals surface area contributed by atoms with Crippen LogP contribution < -0.4 is 0 Å². The number of aryl methyl sites for hydroxylation is 1. The Labute approximate surface area is 166 Å². The number of fused-ring (bicyclic) bond motifs is 2. The topological polar surface area (TPSA) is 40.9 Å². The van der Waals surface area contributed by atoms with Crippen LogP contribution in [0, 0.1) is 6.92 Å². The Balaban J connectivity index is 1.43. The van der Waals surface area contributed by atoms with Crippen LogP contribution in [0.2, 0.25) is 0 Å². The molecule has 0 aromatic carbocycles. The molecule has 142 valence electrons. The lowest BCUT2D eigenvalue weighted by Crippen LogP contribution is -2.36. The zero-order valence-corrected chi connectivity index (χ0v) is 17.1. The first kappa shape index (κ1) is 17.6. The summed E-state index contributed by atoms with van der Waals surface area (Å²) in [6, 6.07) is 4.09. The molecule has 0 saturated heterocycles. The number of allylic oxidation sites excluding steroid dienone is 3. The maximum Gasteiger partial charge on any atom is 0.252 e. The Hall–Kier alpha value is -2.49. The third kappa shape index (κ3) is 3.15. The Morgan fingerprint density at radius 2 is 2.14 bits per heavy atom. The van der Waals surface area contributed by atoms with Crippen molar-refractivity contribution in [2.75, 3.05) is 20.1 Å². The Kier molecular flexibility index (Phi) is 4.30. The molecule has 0 bridgehead atoms. The van der Waals surface area contributed by atoms with Gasteiger partial charge in [0.25, 0.3) is 5.91 Å². The van der Waals surface area contributed by atoms with Crippen molar-refractivity contribution < 1.29 is 4.79 Å². The maximum atomic E-state index is 12.9. The van der Waals surface area contributed by atoms with Crippen molar-refractivity contribution in [1.82, 2.24) is 19.2 Å². The summed E-state index contributed by atoms with van der Waals surface area (Å²) in [7, 11) is 2.73. The molecule has 28 heavy (non-hydrogen) atoms. The van der Waals surface area contributed by atoms with Crippen LogP contribution in [0.3, 0.4) is 0 Å². The Bertz CT molecular complexity index is 1090. The third-order valence-electron chi connectivity index (χ3n) is 5.52. The van der Waals surface area contributed by atoms with Gasteiger partial charge < -0.3 is 14.2 Å². The maximum absolute atomic E-state index is 12.9. The summed E-state index contributed by atoms with van der Waals surface area (Å²) in [5, 5.41) is 1.23. The fourth-order valence-corrected chi connectivity index (χ4v) is 5.41. The van der Waals surface area contributed by atoms with Crippen LogP contribution in [0.15, 0.2) is 65.9 Å². The molecular formula is C22H23N4OP. The molecule has 0 saturated carbocycles. The molecule has 2 atom stereocenters.